The monoisotopic (exact) mass is 974 g/mol. The van der Waals surface area contributed by atoms with E-state index in [1.54, 1.807) is 0 Å². The van der Waals surface area contributed by atoms with Gasteiger partial charge in [0.15, 0.2) is 23.7 Å². The van der Waals surface area contributed by atoms with Gasteiger partial charge in [0.25, 0.3) is 0 Å². The summed E-state index contributed by atoms with van der Waals surface area (Å²) in [4.78, 5) is 59.3. The van der Waals surface area contributed by atoms with Crippen LogP contribution in [0.25, 0.3) is 12.2 Å². The molecule has 25 heteroatoms. The molecule has 2 fully saturated rings. The number of methoxy groups -OCH3 is 2. The van der Waals surface area contributed by atoms with Gasteiger partial charge in [-0.1, -0.05) is 12.1 Å². The number of carbonyl (C=O) groups excluding carboxylic acids is 3. The molecule has 11 atom stereocenters. The van der Waals surface area contributed by atoms with Gasteiger partial charge in [0.1, 0.15) is 97.5 Å². The summed E-state index contributed by atoms with van der Waals surface area (Å²) in [7, 11) is 2.48. The van der Waals surface area contributed by atoms with Crippen LogP contribution in [0.4, 0.5) is 0 Å². The number of phenolic OH excluding ortho intramolecular Hbond substituents is 3. The third-order valence-corrected chi connectivity index (χ3v) is 10.5. The summed E-state index contributed by atoms with van der Waals surface area (Å²) in [5.74, 6) is -8.88. The molecule has 0 saturated carbocycles. The van der Waals surface area contributed by atoms with Gasteiger partial charge >= 0.3 is 29.8 Å². The Labute approximate surface area is 389 Å². The Hall–Kier alpha value is -7.39. The fourth-order valence-corrected chi connectivity index (χ4v) is 7.04. The summed E-state index contributed by atoms with van der Waals surface area (Å²) >= 11 is 0. The number of carboxylic acid groups (broad SMARTS) is 2. The van der Waals surface area contributed by atoms with Crippen LogP contribution in [-0.2, 0) is 52.4 Å². The molecule has 25 nitrogen and oxygen atoms in total. The van der Waals surface area contributed by atoms with Gasteiger partial charge in [0, 0.05) is 23.8 Å². The number of aliphatic hydroxyl groups excluding tert-OH is 5. The lowest BCUT2D eigenvalue weighted by Crippen LogP contribution is -2.61. The van der Waals surface area contributed by atoms with Gasteiger partial charge < -0.3 is 98.4 Å². The van der Waals surface area contributed by atoms with Crippen molar-refractivity contribution in [3.8, 4) is 40.2 Å². The number of aromatic hydroxyl groups is 3. The predicted octanol–water partition coefficient (Wildman–Crippen LogP) is -0.394. The Morgan fingerprint density at radius 1 is 0.652 bits per heavy atom. The first-order valence-electron chi connectivity index (χ1n) is 20.4. The second-order valence-corrected chi connectivity index (χ2v) is 15.3. The summed E-state index contributed by atoms with van der Waals surface area (Å²) in [6.07, 6.45) is -19.3. The van der Waals surface area contributed by atoms with Crippen LogP contribution in [0.2, 0.25) is 0 Å². The third kappa shape index (κ3) is 12.4. The predicted molar refractivity (Wildman–Crippen MR) is 223 cm³/mol. The quantitative estimate of drug-likeness (QED) is 0.0336. The number of carboxylic acids is 2. The molecule has 1 unspecified atom stereocenters. The number of ether oxygens (including phenoxy) is 10. The Morgan fingerprint density at radius 3 is 1.88 bits per heavy atom. The number of hydrogen-bond acceptors (Lipinski definition) is 23. The summed E-state index contributed by atoms with van der Waals surface area (Å²) < 4.78 is 55.8. The van der Waals surface area contributed by atoms with Gasteiger partial charge in [-0.15, -0.1) is 0 Å². The van der Waals surface area contributed by atoms with Crippen molar-refractivity contribution >= 4 is 42.0 Å². The lowest BCUT2D eigenvalue weighted by atomic mass is 9.98. The summed E-state index contributed by atoms with van der Waals surface area (Å²) in [5.41, 5.74) is 0.530. The van der Waals surface area contributed by atoms with Gasteiger partial charge in [0.05, 0.1) is 19.8 Å². The molecular formula is C44H46O25. The Morgan fingerprint density at radius 2 is 1.25 bits per heavy atom. The number of rotatable bonds is 18. The first kappa shape index (κ1) is 51.0. The van der Waals surface area contributed by atoms with Crippen LogP contribution in [0.5, 0.6) is 40.2 Å². The molecule has 3 aromatic carbocycles. The zero-order valence-electron chi connectivity index (χ0n) is 36.1. The molecule has 0 aromatic heterocycles. The summed E-state index contributed by atoms with van der Waals surface area (Å²) in [5, 5.41) is 104. The van der Waals surface area contributed by atoms with E-state index >= 15 is 0 Å². The molecule has 3 aliphatic heterocycles. The van der Waals surface area contributed by atoms with Crippen molar-refractivity contribution in [2.24, 2.45) is 0 Å². The van der Waals surface area contributed by atoms with E-state index < -0.39 is 141 Å². The van der Waals surface area contributed by atoms with E-state index in [4.69, 9.17) is 57.6 Å². The zero-order chi connectivity index (χ0) is 50.3. The SMILES string of the molecule is COc1cc(C2Oc3cc(O)cc(O[C@@H]4O[C@H](COC(=O)CC(=O)O)[C@H](OC(=O)CC(=O)O)[C@H](O)[C@H]4O)c3C=C2O[C@@H]2O[C@H](COC(=O)/C=C/c3ccc(O)cc3)[C@H](O)[C@H](O)[C@H]2O)cc(OC)c1O. The van der Waals surface area contributed by atoms with Gasteiger partial charge in [-0.05, 0) is 42.0 Å². The van der Waals surface area contributed by atoms with Gasteiger partial charge in [0.2, 0.25) is 18.3 Å². The Balaban J connectivity index is 1.33. The summed E-state index contributed by atoms with van der Waals surface area (Å²) in [6.45, 7) is -1.61. The standard InChI is InChI=1S/C44H46O25/c1-60-25-9-19(10-26(61-2)35(25)54)41-27(66-43-39(58)37(56)36(55)28(67-43)16-62-32(51)8-5-18-3-6-20(45)7-4-18)13-22-23(64-41)11-21(46)12-24(22)65-44-40(59)38(57)42(69-34(53)15-31(49)50)29(68-44)17-63-33(52)14-30(47)48/h3-13,28-29,36-46,54-59H,14-17H2,1-2H3,(H,47,48)(H,49,50)/b8-5+/t28-,29-,36+,37+,38-,39-,40-,41?,42+,43-,44-/m1/s1. The number of benzene rings is 3. The molecule has 0 spiro atoms. The van der Waals surface area contributed by atoms with Crippen LogP contribution in [-0.4, -0.2) is 170 Å². The minimum Gasteiger partial charge on any atom is -0.508 e. The molecule has 372 valence electrons. The molecule has 0 amide bonds. The number of hydrogen-bond donors (Lipinski definition) is 10. The summed E-state index contributed by atoms with van der Waals surface area (Å²) in [6, 6.07) is 10.6. The van der Waals surface area contributed by atoms with Crippen molar-refractivity contribution in [3.05, 3.63) is 77.1 Å². The first-order valence-corrected chi connectivity index (χ1v) is 20.4. The largest absolute Gasteiger partial charge is 0.508 e. The Kier molecular flexibility index (Phi) is 16.4. The first-order chi connectivity index (χ1) is 32.8. The van der Waals surface area contributed by atoms with Crippen LogP contribution < -0.4 is 18.9 Å². The second kappa shape index (κ2) is 22.1. The molecule has 0 radical (unpaired) electrons. The van der Waals surface area contributed by atoms with E-state index in [9.17, 15) is 64.8 Å². The molecule has 3 aliphatic rings. The second-order valence-electron chi connectivity index (χ2n) is 15.3. The Bertz CT molecular complexity index is 2410. The maximum Gasteiger partial charge on any atom is 0.330 e. The number of esters is 3. The minimum atomic E-state index is -2.15. The van der Waals surface area contributed by atoms with Gasteiger partial charge in [-0.2, -0.15) is 0 Å². The highest BCUT2D eigenvalue weighted by Gasteiger charge is 2.50. The van der Waals surface area contributed by atoms with Crippen molar-refractivity contribution in [2.75, 3.05) is 27.4 Å². The molecule has 0 bridgehead atoms. The highest BCUT2D eigenvalue weighted by atomic mass is 16.7. The number of carbonyl (C=O) groups is 5. The van der Waals surface area contributed by atoms with E-state index in [0.29, 0.717) is 5.56 Å². The van der Waals surface area contributed by atoms with Crippen molar-refractivity contribution in [1.29, 1.82) is 0 Å². The molecular weight excluding hydrogens is 928 g/mol. The number of aliphatic hydroxyl groups is 5. The van der Waals surface area contributed by atoms with Crippen LogP contribution in [0.1, 0.15) is 35.6 Å². The minimum absolute atomic E-state index is 0.000794. The topological polar surface area (TPSA) is 380 Å². The van der Waals surface area contributed by atoms with E-state index in [2.05, 4.69) is 0 Å². The van der Waals surface area contributed by atoms with Crippen LogP contribution in [0.15, 0.2) is 60.4 Å². The zero-order valence-corrected chi connectivity index (χ0v) is 36.1. The molecule has 69 heavy (non-hydrogen) atoms. The van der Waals surface area contributed by atoms with Crippen molar-refractivity contribution in [1.82, 2.24) is 0 Å². The number of phenols is 3. The van der Waals surface area contributed by atoms with Crippen molar-refractivity contribution < 1.29 is 122 Å². The maximum absolute atomic E-state index is 12.6. The molecule has 2 saturated heterocycles. The lowest BCUT2D eigenvalue weighted by Gasteiger charge is -2.42. The van der Waals surface area contributed by atoms with E-state index in [1.165, 1.54) is 62.8 Å². The molecule has 10 N–H and O–H groups in total. The maximum atomic E-state index is 12.6. The van der Waals surface area contributed by atoms with E-state index in [-0.39, 0.29) is 39.9 Å². The van der Waals surface area contributed by atoms with E-state index in [0.717, 1.165) is 18.2 Å². The average molecular weight is 975 g/mol. The fraction of sp³-hybridized carbons (Fsp3) is 0.386. The van der Waals surface area contributed by atoms with Crippen molar-refractivity contribution in [3.63, 3.8) is 0 Å². The number of aliphatic carboxylic acids is 2. The van der Waals surface area contributed by atoms with Crippen LogP contribution >= 0.6 is 0 Å². The fourth-order valence-electron chi connectivity index (χ4n) is 7.04. The number of fused-ring (bicyclic) bond motifs is 1. The highest BCUT2D eigenvalue weighted by Crippen LogP contribution is 2.48. The van der Waals surface area contributed by atoms with Crippen molar-refractivity contribution in [2.45, 2.75) is 80.4 Å². The van der Waals surface area contributed by atoms with Crippen LogP contribution in [0.3, 0.4) is 0 Å². The van der Waals surface area contributed by atoms with Crippen LogP contribution in [0, 0.1) is 0 Å². The molecule has 0 aliphatic carbocycles. The lowest BCUT2D eigenvalue weighted by molar-refractivity contribution is -0.294. The molecule has 3 aromatic rings. The normalized spacial score (nSPS) is 26.3. The van der Waals surface area contributed by atoms with Gasteiger partial charge in [-0.3, -0.25) is 19.2 Å². The third-order valence-electron chi connectivity index (χ3n) is 10.5. The average Bonchev–Trinajstić information content (AvgIpc) is 3.30. The van der Waals surface area contributed by atoms with E-state index in [1.807, 2.05) is 0 Å². The smallest absolute Gasteiger partial charge is 0.330 e. The van der Waals surface area contributed by atoms with Gasteiger partial charge in [-0.25, -0.2) is 4.79 Å². The molecule has 3 heterocycles. The molecule has 6 rings (SSSR count). The highest BCUT2D eigenvalue weighted by molar-refractivity contribution is 5.90.